The number of methoxy groups -OCH3 is 1. The molecule has 6 nitrogen and oxygen atoms in total. The molecule has 0 bridgehead atoms. The summed E-state index contributed by atoms with van der Waals surface area (Å²) in [6.07, 6.45) is 0.626. The van der Waals surface area contributed by atoms with Crippen molar-refractivity contribution in [1.82, 2.24) is 4.98 Å². The Labute approximate surface area is 157 Å². The topological polar surface area (TPSA) is 77.5 Å². The van der Waals surface area contributed by atoms with Gasteiger partial charge in [-0.3, -0.25) is 9.78 Å². The lowest BCUT2D eigenvalue weighted by Gasteiger charge is -2.16. The molecule has 0 unspecified atom stereocenters. The van der Waals surface area contributed by atoms with Crippen LogP contribution in [0.25, 0.3) is 10.9 Å². The van der Waals surface area contributed by atoms with Crippen LogP contribution < -0.4 is 10.1 Å². The van der Waals surface area contributed by atoms with Gasteiger partial charge in [0.15, 0.2) is 6.10 Å². The van der Waals surface area contributed by atoms with Crippen molar-refractivity contribution >= 4 is 28.5 Å². The highest BCUT2D eigenvalue weighted by Gasteiger charge is 2.21. The number of aryl methyl sites for hydroxylation is 1. The van der Waals surface area contributed by atoms with E-state index >= 15 is 0 Å². The lowest BCUT2D eigenvalue weighted by molar-refractivity contribution is -0.123. The molecule has 0 aliphatic carbocycles. The van der Waals surface area contributed by atoms with Gasteiger partial charge in [-0.2, -0.15) is 0 Å². The molecule has 27 heavy (non-hydrogen) atoms. The summed E-state index contributed by atoms with van der Waals surface area (Å²) in [4.78, 5) is 29.2. The average Bonchev–Trinajstić information content (AvgIpc) is 2.67. The Balaban J connectivity index is 1.74. The molecule has 138 valence electrons. The molecule has 1 amide bonds. The minimum atomic E-state index is -0.985. The van der Waals surface area contributed by atoms with Crippen molar-refractivity contribution in [3.05, 3.63) is 65.9 Å². The highest BCUT2D eigenvalue weighted by atomic mass is 16.5. The number of pyridine rings is 1. The van der Waals surface area contributed by atoms with Crippen LogP contribution >= 0.6 is 0 Å². The summed E-state index contributed by atoms with van der Waals surface area (Å²) in [7, 11) is 1.53. The number of ether oxygens (including phenoxy) is 2. The zero-order valence-electron chi connectivity index (χ0n) is 15.4. The minimum Gasteiger partial charge on any atom is -0.495 e. The predicted octanol–water partition coefficient (Wildman–Crippen LogP) is 3.74. The second kappa shape index (κ2) is 7.86. The maximum absolute atomic E-state index is 12.5. The van der Waals surface area contributed by atoms with Crippen LogP contribution in [0.2, 0.25) is 0 Å². The number of hydrogen-bond donors (Lipinski definition) is 1. The number of anilines is 1. The fraction of sp³-hybridized carbons (Fsp3) is 0.190. The predicted molar refractivity (Wildman–Crippen MR) is 103 cm³/mol. The van der Waals surface area contributed by atoms with Crippen molar-refractivity contribution in [2.45, 2.75) is 20.0 Å². The summed E-state index contributed by atoms with van der Waals surface area (Å²) in [6.45, 7) is 3.43. The first kappa shape index (κ1) is 18.4. The van der Waals surface area contributed by atoms with Gasteiger partial charge in [0.05, 0.1) is 23.9 Å². The summed E-state index contributed by atoms with van der Waals surface area (Å²) in [6, 6.07) is 14.3. The number of hydrogen-bond acceptors (Lipinski definition) is 5. The van der Waals surface area contributed by atoms with E-state index in [9.17, 15) is 9.59 Å². The highest BCUT2D eigenvalue weighted by molar-refractivity contribution is 6.04. The van der Waals surface area contributed by atoms with E-state index in [0.29, 0.717) is 22.5 Å². The number of amides is 1. The third kappa shape index (κ3) is 4.06. The fourth-order valence-electron chi connectivity index (χ4n) is 2.70. The Bertz CT molecular complexity index is 995. The number of nitrogens with one attached hydrogen (secondary N) is 1. The molecule has 3 rings (SSSR count). The molecule has 3 aromatic rings. The van der Waals surface area contributed by atoms with Gasteiger partial charge in [0.2, 0.25) is 0 Å². The van der Waals surface area contributed by atoms with E-state index in [1.54, 1.807) is 36.5 Å². The summed E-state index contributed by atoms with van der Waals surface area (Å²) in [5.41, 5.74) is 2.36. The van der Waals surface area contributed by atoms with E-state index in [4.69, 9.17) is 9.47 Å². The molecule has 0 aliphatic rings. The molecule has 2 aromatic carbocycles. The molecule has 0 spiro atoms. The largest absolute Gasteiger partial charge is 0.495 e. The first-order chi connectivity index (χ1) is 13.0. The van der Waals surface area contributed by atoms with Crippen LogP contribution in [0, 0.1) is 6.92 Å². The van der Waals surface area contributed by atoms with E-state index in [1.807, 2.05) is 25.1 Å². The molecular weight excluding hydrogens is 344 g/mol. The maximum atomic E-state index is 12.5. The van der Waals surface area contributed by atoms with Gasteiger partial charge in [0.1, 0.15) is 5.75 Å². The maximum Gasteiger partial charge on any atom is 0.341 e. The number of esters is 1. The van der Waals surface area contributed by atoms with E-state index in [1.165, 1.54) is 14.0 Å². The number of carbonyl (C=O) groups excluding carboxylic acids is 2. The first-order valence-electron chi connectivity index (χ1n) is 8.50. The molecule has 0 aliphatic heterocycles. The Hall–Kier alpha value is -3.41. The number of fused-ring (bicyclic) bond motifs is 1. The van der Waals surface area contributed by atoms with Crippen molar-refractivity contribution in [3.63, 3.8) is 0 Å². The van der Waals surface area contributed by atoms with E-state index in [0.717, 1.165) is 10.9 Å². The Morgan fingerprint density at radius 1 is 1.11 bits per heavy atom. The zero-order chi connectivity index (χ0) is 19.4. The molecule has 1 heterocycles. The summed E-state index contributed by atoms with van der Waals surface area (Å²) < 4.78 is 10.6. The van der Waals surface area contributed by atoms with Crippen LogP contribution in [-0.4, -0.2) is 30.1 Å². The first-order valence-corrected chi connectivity index (χ1v) is 8.50. The van der Waals surface area contributed by atoms with Gasteiger partial charge in [-0.05, 0) is 43.7 Å². The molecule has 0 radical (unpaired) electrons. The average molecular weight is 364 g/mol. The standard InChI is InChI=1S/C21H20N2O4/c1-13-9-10-18(26-3)17(12-13)23-20(24)14(2)27-21(25)16-8-4-6-15-7-5-11-22-19(15)16/h4-12,14H,1-3H3,(H,23,24)/t14-/m0/s1. The van der Waals surface area contributed by atoms with Crippen molar-refractivity contribution < 1.29 is 19.1 Å². The Morgan fingerprint density at radius 2 is 1.89 bits per heavy atom. The Kier molecular flexibility index (Phi) is 5.35. The quantitative estimate of drug-likeness (QED) is 0.698. The molecule has 0 fully saturated rings. The molecule has 0 saturated heterocycles. The second-order valence-corrected chi connectivity index (χ2v) is 6.12. The molecular formula is C21H20N2O4. The third-order valence-electron chi connectivity index (χ3n) is 4.12. The number of carbonyl (C=O) groups is 2. The lowest BCUT2D eigenvalue weighted by Crippen LogP contribution is -2.30. The number of para-hydroxylation sites is 1. The monoisotopic (exact) mass is 364 g/mol. The summed E-state index contributed by atoms with van der Waals surface area (Å²) in [5.74, 6) is -0.510. The van der Waals surface area contributed by atoms with Crippen LogP contribution in [0.1, 0.15) is 22.8 Å². The summed E-state index contributed by atoms with van der Waals surface area (Å²) >= 11 is 0. The van der Waals surface area contributed by atoms with Gasteiger partial charge in [-0.1, -0.05) is 24.3 Å². The number of benzene rings is 2. The van der Waals surface area contributed by atoms with Gasteiger partial charge in [-0.15, -0.1) is 0 Å². The van der Waals surface area contributed by atoms with Gasteiger partial charge in [0.25, 0.3) is 5.91 Å². The molecule has 1 N–H and O–H groups in total. The SMILES string of the molecule is COc1ccc(C)cc1NC(=O)[C@H](C)OC(=O)c1cccc2cccnc12. The van der Waals surface area contributed by atoms with E-state index in [-0.39, 0.29) is 0 Å². The number of aromatic nitrogens is 1. The van der Waals surface area contributed by atoms with Crippen molar-refractivity contribution in [1.29, 1.82) is 0 Å². The smallest absolute Gasteiger partial charge is 0.341 e. The highest BCUT2D eigenvalue weighted by Crippen LogP contribution is 2.25. The minimum absolute atomic E-state index is 0.320. The zero-order valence-corrected chi connectivity index (χ0v) is 15.4. The van der Waals surface area contributed by atoms with Crippen LogP contribution in [-0.2, 0) is 9.53 Å². The van der Waals surface area contributed by atoms with Gasteiger partial charge in [-0.25, -0.2) is 4.79 Å². The lowest BCUT2D eigenvalue weighted by atomic mass is 10.1. The van der Waals surface area contributed by atoms with Crippen LogP contribution in [0.15, 0.2) is 54.7 Å². The Morgan fingerprint density at radius 3 is 2.67 bits per heavy atom. The van der Waals surface area contributed by atoms with Crippen LogP contribution in [0.4, 0.5) is 5.69 Å². The fourth-order valence-corrected chi connectivity index (χ4v) is 2.70. The second-order valence-electron chi connectivity index (χ2n) is 6.12. The molecule has 6 heteroatoms. The molecule has 1 atom stereocenters. The van der Waals surface area contributed by atoms with Gasteiger partial charge >= 0.3 is 5.97 Å². The van der Waals surface area contributed by atoms with Gasteiger partial charge in [0, 0.05) is 11.6 Å². The van der Waals surface area contributed by atoms with Crippen molar-refractivity contribution in [2.24, 2.45) is 0 Å². The van der Waals surface area contributed by atoms with E-state index in [2.05, 4.69) is 10.3 Å². The van der Waals surface area contributed by atoms with Crippen LogP contribution in [0.3, 0.4) is 0 Å². The summed E-state index contributed by atoms with van der Waals surface area (Å²) in [5, 5.41) is 3.57. The third-order valence-corrected chi connectivity index (χ3v) is 4.12. The number of nitrogens with zero attached hydrogens (tertiary/aromatic N) is 1. The normalized spacial score (nSPS) is 11.7. The van der Waals surface area contributed by atoms with Crippen LogP contribution in [0.5, 0.6) is 5.75 Å². The molecule has 0 saturated carbocycles. The van der Waals surface area contributed by atoms with Gasteiger partial charge < -0.3 is 14.8 Å². The van der Waals surface area contributed by atoms with Crippen molar-refractivity contribution in [2.75, 3.05) is 12.4 Å². The van der Waals surface area contributed by atoms with Crippen molar-refractivity contribution in [3.8, 4) is 5.75 Å². The molecule has 1 aromatic heterocycles. The number of rotatable bonds is 5. The van der Waals surface area contributed by atoms with E-state index < -0.39 is 18.0 Å².